The van der Waals surface area contributed by atoms with Gasteiger partial charge in [-0.2, -0.15) is 11.3 Å². The predicted octanol–water partition coefficient (Wildman–Crippen LogP) is 5.04. The first-order valence-electron chi connectivity index (χ1n) is 7.23. The molecule has 0 fully saturated rings. The number of thiophene rings is 1. The summed E-state index contributed by atoms with van der Waals surface area (Å²) >= 11 is 1.61. The minimum atomic E-state index is -0.00114. The summed E-state index contributed by atoms with van der Waals surface area (Å²) < 4.78 is 0. The topological polar surface area (TPSA) is 17.1 Å². The maximum absolute atomic E-state index is 12.1. The van der Waals surface area contributed by atoms with Crippen LogP contribution < -0.4 is 0 Å². The van der Waals surface area contributed by atoms with E-state index in [1.807, 2.05) is 77.5 Å². The molecule has 23 heavy (non-hydrogen) atoms. The summed E-state index contributed by atoms with van der Waals surface area (Å²) in [6.07, 6.45) is 3.44. The summed E-state index contributed by atoms with van der Waals surface area (Å²) in [6.45, 7) is 0. The van der Waals surface area contributed by atoms with Gasteiger partial charge in [0.1, 0.15) is 0 Å². The maximum Gasteiger partial charge on any atom is 0.185 e. The van der Waals surface area contributed by atoms with Crippen LogP contribution in [0.1, 0.15) is 27.0 Å². The van der Waals surface area contributed by atoms with E-state index in [0.717, 1.165) is 16.7 Å². The highest BCUT2D eigenvalue weighted by Crippen LogP contribution is 2.10. The highest BCUT2D eigenvalue weighted by atomic mass is 32.1. The van der Waals surface area contributed by atoms with Crippen LogP contribution in [0.15, 0.2) is 77.5 Å². The molecule has 1 aromatic heterocycles. The zero-order chi connectivity index (χ0) is 15.9. The van der Waals surface area contributed by atoms with Crippen LogP contribution in [-0.2, 0) is 0 Å². The first-order valence-corrected chi connectivity index (χ1v) is 8.17. The lowest BCUT2D eigenvalue weighted by atomic mass is 10.1. The lowest BCUT2D eigenvalue weighted by molar-refractivity contribution is 0.104. The van der Waals surface area contributed by atoms with Gasteiger partial charge >= 0.3 is 0 Å². The number of ketones is 1. The summed E-state index contributed by atoms with van der Waals surface area (Å²) in [5.74, 6) is 6.21. The first-order chi connectivity index (χ1) is 11.3. The van der Waals surface area contributed by atoms with Gasteiger partial charge in [0.05, 0.1) is 0 Å². The molecule has 1 nitrogen and oxygen atoms in total. The Morgan fingerprint density at radius 3 is 2.22 bits per heavy atom. The van der Waals surface area contributed by atoms with Crippen LogP contribution in [0.2, 0.25) is 0 Å². The molecule has 110 valence electrons. The quantitative estimate of drug-likeness (QED) is 0.376. The number of benzene rings is 2. The molecule has 2 aromatic carbocycles. The standard InChI is InChI=1S/C21H14OS/c22-21(13-10-19-14-15-23-16-19)20-11-8-18(9-12-20)7-6-17-4-2-1-3-5-17/h1-5,8-16H/b13-10-. The van der Waals surface area contributed by atoms with E-state index in [-0.39, 0.29) is 5.78 Å². The average molecular weight is 314 g/mol. The Kier molecular flexibility index (Phi) is 4.83. The number of carbonyl (C=O) groups excluding carboxylic acids is 1. The number of hydrogen-bond acceptors (Lipinski definition) is 2. The summed E-state index contributed by atoms with van der Waals surface area (Å²) in [5, 5.41) is 4.00. The SMILES string of the molecule is O=C(/C=C\c1ccsc1)c1ccc(C#Cc2ccccc2)cc1. The molecule has 0 aliphatic rings. The number of hydrogen-bond donors (Lipinski definition) is 0. The summed E-state index contributed by atoms with van der Waals surface area (Å²) in [7, 11) is 0. The largest absolute Gasteiger partial charge is 0.289 e. The number of rotatable bonds is 3. The van der Waals surface area contributed by atoms with E-state index in [2.05, 4.69) is 11.8 Å². The van der Waals surface area contributed by atoms with Crippen LogP contribution in [-0.4, -0.2) is 5.78 Å². The van der Waals surface area contributed by atoms with Gasteiger partial charge in [0.25, 0.3) is 0 Å². The second kappa shape index (κ2) is 7.40. The minimum Gasteiger partial charge on any atom is -0.289 e. The molecule has 0 N–H and O–H groups in total. The van der Waals surface area contributed by atoms with Crippen molar-refractivity contribution in [2.75, 3.05) is 0 Å². The van der Waals surface area contributed by atoms with Crippen LogP contribution >= 0.6 is 11.3 Å². The molecule has 1 heterocycles. The van der Waals surface area contributed by atoms with Crippen molar-refractivity contribution in [3.8, 4) is 11.8 Å². The van der Waals surface area contributed by atoms with Crippen molar-refractivity contribution in [2.45, 2.75) is 0 Å². The molecule has 0 bridgehead atoms. The molecule has 0 radical (unpaired) electrons. The Hall–Kier alpha value is -2.89. The fourth-order valence-electron chi connectivity index (χ4n) is 2.02. The van der Waals surface area contributed by atoms with Gasteiger partial charge in [0, 0.05) is 16.7 Å². The highest BCUT2D eigenvalue weighted by molar-refractivity contribution is 7.08. The average Bonchev–Trinajstić information content (AvgIpc) is 3.13. The summed E-state index contributed by atoms with van der Waals surface area (Å²) in [5.41, 5.74) is 3.59. The molecule has 3 rings (SSSR count). The van der Waals surface area contributed by atoms with Gasteiger partial charge in [-0.3, -0.25) is 4.79 Å². The van der Waals surface area contributed by atoms with E-state index >= 15 is 0 Å². The van der Waals surface area contributed by atoms with Crippen molar-refractivity contribution in [1.29, 1.82) is 0 Å². The number of allylic oxidation sites excluding steroid dienone is 1. The Morgan fingerprint density at radius 1 is 0.870 bits per heavy atom. The lowest BCUT2D eigenvalue weighted by Gasteiger charge is -1.96. The van der Waals surface area contributed by atoms with Crippen molar-refractivity contribution < 1.29 is 4.79 Å². The Bertz CT molecular complexity index is 861. The van der Waals surface area contributed by atoms with Gasteiger partial charge in [-0.25, -0.2) is 0 Å². The first kappa shape index (κ1) is 15.0. The Labute approximate surface area is 139 Å². The molecule has 0 amide bonds. The second-order valence-electron chi connectivity index (χ2n) is 4.95. The van der Waals surface area contributed by atoms with Crippen LogP contribution in [0.4, 0.5) is 0 Å². The Balaban J connectivity index is 1.70. The van der Waals surface area contributed by atoms with Crippen molar-refractivity contribution in [3.05, 3.63) is 99.8 Å². The molecule has 0 spiro atoms. The minimum absolute atomic E-state index is 0.00114. The molecule has 0 saturated carbocycles. The van der Waals surface area contributed by atoms with Crippen LogP contribution in [0.3, 0.4) is 0 Å². The molecule has 2 heteroatoms. The van der Waals surface area contributed by atoms with Crippen molar-refractivity contribution in [1.82, 2.24) is 0 Å². The molecule has 0 atom stereocenters. The van der Waals surface area contributed by atoms with Crippen molar-refractivity contribution >= 4 is 23.2 Å². The van der Waals surface area contributed by atoms with Gasteiger partial charge in [0.2, 0.25) is 0 Å². The highest BCUT2D eigenvalue weighted by Gasteiger charge is 2.01. The van der Waals surface area contributed by atoms with E-state index in [0.29, 0.717) is 5.56 Å². The number of carbonyl (C=O) groups is 1. The van der Waals surface area contributed by atoms with Gasteiger partial charge < -0.3 is 0 Å². The lowest BCUT2D eigenvalue weighted by Crippen LogP contribution is -1.93. The summed E-state index contributed by atoms with van der Waals surface area (Å²) in [6, 6.07) is 19.2. The van der Waals surface area contributed by atoms with Gasteiger partial charge in [-0.1, -0.05) is 36.1 Å². The molecule has 3 aromatic rings. The smallest absolute Gasteiger partial charge is 0.185 e. The van der Waals surface area contributed by atoms with E-state index in [1.54, 1.807) is 17.4 Å². The molecule has 0 aliphatic carbocycles. The fourth-order valence-corrected chi connectivity index (χ4v) is 2.65. The third kappa shape index (κ3) is 4.29. The van der Waals surface area contributed by atoms with E-state index < -0.39 is 0 Å². The van der Waals surface area contributed by atoms with Gasteiger partial charge in [-0.05, 0) is 64.9 Å². The molecule has 0 unspecified atom stereocenters. The van der Waals surface area contributed by atoms with E-state index in [9.17, 15) is 4.79 Å². The second-order valence-corrected chi connectivity index (χ2v) is 5.73. The predicted molar refractivity (Wildman–Crippen MR) is 96.5 cm³/mol. The van der Waals surface area contributed by atoms with E-state index in [4.69, 9.17) is 0 Å². The summed E-state index contributed by atoms with van der Waals surface area (Å²) in [4.78, 5) is 12.1. The zero-order valence-electron chi connectivity index (χ0n) is 12.4. The normalized spacial score (nSPS) is 10.3. The van der Waals surface area contributed by atoms with Crippen LogP contribution in [0.25, 0.3) is 6.08 Å². The molecule has 0 saturated heterocycles. The van der Waals surface area contributed by atoms with Crippen LogP contribution in [0, 0.1) is 11.8 Å². The molecular weight excluding hydrogens is 300 g/mol. The third-order valence-electron chi connectivity index (χ3n) is 3.26. The fraction of sp³-hybridized carbons (Fsp3) is 0. The van der Waals surface area contributed by atoms with E-state index in [1.165, 1.54) is 0 Å². The van der Waals surface area contributed by atoms with Crippen molar-refractivity contribution in [3.63, 3.8) is 0 Å². The molecule has 0 aliphatic heterocycles. The Morgan fingerprint density at radius 2 is 1.57 bits per heavy atom. The third-order valence-corrected chi connectivity index (χ3v) is 3.97. The molecular formula is C21H14OS. The van der Waals surface area contributed by atoms with Gasteiger partial charge in [-0.15, -0.1) is 0 Å². The monoisotopic (exact) mass is 314 g/mol. The van der Waals surface area contributed by atoms with Crippen LogP contribution in [0.5, 0.6) is 0 Å². The zero-order valence-corrected chi connectivity index (χ0v) is 13.2. The maximum atomic E-state index is 12.1. The van der Waals surface area contributed by atoms with Gasteiger partial charge in [0.15, 0.2) is 5.78 Å². The van der Waals surface area contributed by atoms with Crippen molar-refractivity contribution in [2.24, 2.45) is 0 Å².